The molecule has 0 aliphatic rings. The number of amides is 1. The van der Waals surface area contributed by atoms with Crippen LogP contribution in [0.15, 0.2) is 47.4 Å². The summed E-state index contributed by atoms with van der Waals surface area (Å²) < 4.78 is 101. The Kier molecular flexibility index (Phi) is 6.00. The maximum Gasteiger partial charge on any atom is 0.416 e. The number of sulfone groups is 1. The van der Waals surface area contributed by atoms with Crippen LogP contribution in [-0.2, 0) is 27.0 Å². The Morgan fingerprint density at radius 1 is 0.893 bits per heavy atom. The van der Waals surface area contributed by atoms with E-state index < -0.39 is 50.7 Å². The van der Waals surface area contributed by atoms with Gasteiger partial charge in [-0.2, -0.15) is 26.3 Å². The van der Waals surface area contributed by atoms with Crippen molar-refractivity contribution in [3.8, 4) is 0 Å². The summed E-state index contributed by atoms with van der Waals surface area (Å²) in [7, 11) is -4.19. The van der Waals surface area contributed by atoms with Crippen molar-refractivity contribution in [1.82, 2.24) is 0 Å². The van der Waals surface area contributed by atoms with E-state index in [9.17, 15) is 39.6 Å². The second-order valence-corrected chi connectivity index (χ2v) is 7.98. The molecule has 0 bridgehead atoms. The van der Waals surface area contributed by atoms with E-state index in [-0.39, 0.29) is 28.1 Å². The monoisotopic (exact) mass is 445 g/mol. The molecule has 0 saturated carbocycles. The Balaban J connectivity index is 2.29. The lowest BCUT2D eigenvalue weighted by Gasteiger charge is -2.15. The molecule has 0 heterocycles. The second kappa shape index (κ2) is 7.63. The molecule has 12 heteroatoms. The number of nitrogens with one attached hydrogen (secondary N) is 1. The molecule has 0 aliphatic carbocycles. The summed E-state index contributed by atoms with van der Waals surface area (Å²) in [5, 5.41) is 1.99. The maximum absolute atomic E-state index is 12.8. The van der Waals surface area contributed by atoms with Gasteiger partial charge in [0.2, 0.25) is 5.91 Å². The van der Waals surface area contributed by atoms with E-state index >= 15 is 0 Å². The van der Waals surface area contributed by atoms with Gasteiger partial charge in [0, 0.05) is 10.7 Å². The largest absolute Gasteiger partial charge is 0.416 e. The molecular weight excluding hydrogens is 436 g/mol. The molecule has 0 aromatic heterocycles. The molecule has 0 unspecified atom stereocenters. The number of alkyl halides is 6. The average molecular weight is 446 g/mol. The number of rotatable bonds is 4. The van der Waals surface area contributed by atoms with Crippen molar-refractivity contribution in [1.29, 1.82) is 0 Å². The standard InChI is InChI=1S/C16H10ClF6NO3S/c17-11-1-3-13(4-2-11)28(26,27)8-14(25)24-12-6-9(15(18,19)20)5-10(7-12)16(21,22)23/h1-7H,8H2,(H,24,25). The number of hydrogen-bond acceptors (Lipinski definition) is 3. The third-order valence-electron chi connectivity index (χ3n) is 3.37. The van der Waals surface area contributed by atoms with Crippen LogP contribution in [0.3, 0.4) is 0 Å². The lowest BCUT2D eigenvalue weighted by molar-refractivity contribution is -0.143. The molecule has 0 saturated heterocycles. The fraction of sp³-hybridized carbons (Fsp3) is 0.188. The minimum atomic E-state index is -5.10. The van der Waals surface area contributed by atoms with Gasteiger partial charge in [0.1, 0.15) is 5.75 Å². The minimum Gasteiger partial charge on any atom is -0.325 e. The highest BCUT2D eigenvalue weighted by atomic mass is 35.5. The van der Waals surface area contributed by atoms with Crippen molar-refractivity contribution < 1.29 is 39.6 Å². The second-order valence-electron chi connectivity index (χ2n) is 5.56. The van der Waals surface area contributed by atoms with Gasteiger partial charge in [-0.05, 0) is 42.5 Å². The van der Waals surface area contributed by atoms with E-state index in [2.05, 4.69) is 0 Å². The van der Waals surface area contributed by atoms with Gasteiger partial charge < -0.3 is 5.32 Å². The number of anilines is 1. The molecule has 28 heavy (non-hydrogen) atoms. The third-order valence-corrected chi connectivity index (χ3v) is 5.25. The van der Waals surface area contributed by atoms with Gasteiger partial charge in [-0.1, -0.05) is 11.6 Å². The van der Waals surface area contributed by atoms with E-state index in [1.165, 1.54) is 12.1 Å². The topological polar surface area (TPSA) is 63.2 Å². The van der Waals surface area contributed by atoms with E-state index in [4.69, 9.17) is 11.6 Å². The van der Waals surface area contributed by atoms with Crippen LogP contribution in [0.5, 0.6) is 0 Å². The van der Waals surface area contributed by atoms with Gasteiger partial charge in [-0.25, -0.2) is 8.42 Å². The lowest BCUT2D eigenvalue weighted by Crippen LogP contribution is -2.23. The van der Waals surface area contributed by atoms with Crippen molar-refractivity contribution in [2.24, 2.45) is 0 Å². The summed E-state index contributed by atoms with van der Waals surface area (Å²) >= 11 is 5.62. The molecule has 0 radical (unpaired) electrons. The summed E-state index contributed by atoms with van der Waals surface area (Å²) in [6.45, 7) is 0. The van der Waals surface area contributed by atoms with Crippen LogP contribution in [-0.4, -0.2) is 20.1 Å². The van der Waals surface area contributed by atoms with Crippen LogP contribution in [0, 0.1) is 0 Å². The van der Waals surface area contributed by atoms with Crippen LogP contribution in [0.1, 0.15) is 11.1 Å². The molecule has 152 valence electrons. The molecule has 2 aromatic rings. The van der Waals surface area contributed by atoms with Gasteiger partial charge in [0.25, 0.3) is 0 Å². The zero-order valence-electron chi connectivity index (χ0n) is 13.5. The molecule has 0 aliphatic heterocycles. The van der Waals surface area contributed by atoms with Crippen molar-refractivity contribution in [3.05, 3.63) is 58.6 Å². The fourth-order valence-corrected chi connectivity index (χ4v) is 3.38. The normalized spacial score (nSPS) is 12.7. The number of halogens is 7. The molecule has 0 spiro atoms. The van der Waals surface area contributed by atoms with Crippen LogP contribution in [0.2, 0.25) is 5.02 Å². The summed E-state index contributed by atoms with van der Waals surface area (Å²) in [6.07, 6.45) is -10.2. The highest BCUT2D eigenvalue weighted by Gasteiger charge is 2.37. The van der Waals surface area contributed by atoms with Gasteiger partial charge in [-0.15, -0.1) is 0 Å². The molecule has 1 amide bonds. The van der Waals surface area contributed by atoms with Crippen LogP contribution < -0.4 is 5.32 Å². The van der Waals surface area contributed by atoms with Crippen LogP contribution >= 0.6 is 11.6 Å². The number of benzene rings is 2. The van der Waals surface area contributed by atoms with Gasteiger partial charge >= 0.3 is 12.4 Å². The van der Waals surface area contributed by atoms with Crippen LogP contribution in [0.4, 0.5) is 32.0 Å². The maximum atomic E-state index is 12.8. The van der Waals surface area contributed by atoms with Crippen molar-refractivity contribution in [2.45, 2.75) is 17.2 Å². The van der Waals surface area contributed by atoms with Crippen molar-refractivity contribution in [2.75, 3.05) is 11.1 Å². The van der Waals surface area contributed by atoms with Crippen molar-refractivity contribution in [3.63, 3.8) is 0 Å². The predicted molar refractivity (Wildman–Crippen MR) is 88.6 cm³/mol. The molecule has 4 nitrogen and oxygen atoms in total. The SMILES string of the molecule is O=C(CS(=O)(=O)c1ccc(Cl)cc1)Nc1cc(C(F)(F)F)cc(C(F)(F)F)c1. The number of carbonyl (C=O) groups is 1. The van der Waals surface area contributed by atoms with Crippen molar-refractivity contribution >= 4 is 33.0 Å². The van der Waals surface area contributed by atoms with Gasteiger partial charge in [0.05, 0.1) is 16.0 Å². The highest BCUT2D eigenvalue weighted by molar-refractivity contribution is 7.92. The molecule has 2 rings (SSSR count). The highest BCUT2D eigenvalue weighted by Crippen LogP contribution is 2.37. The lowest BCUT2D eigenvalue weighted by atomic mass is 10.1. The minimum absolute atomic E-state index is 0.111. The van der Waals surface area contributed by atoms with E-state index in [1.54, 1.807) is 5.32 Å². The summed E-state index contributed by atoms with van der Waals surface area (Å²) in [4.78, 5) is 11.6. The predicted octanol–water partition coefficient (Wildman–Crippen LogP) is 4.79. The van der Waals surface area contributed by atoms with Gasteiger partial charge in [0.15, 0.2) is 9.84 Å². The Hall–Kier alpha value is -2.27. The number of hydrogen-bond donors (Lipinski definition) is 1. The first kappa shape index (κ1) is 22.0. The van der Waals surface area contributed by atoms with Gasteiger partial charge in [-0.3, -0.25) is 4.79 Å². The first-order chi connectivity index (χ1) is 12.7. The Bertz CT molecular complexity index is 953. The molecule has 0 atom stereocenters. The Labute approximate surface area is 160 Å². The first-order valence-corrected chi connectivity index (χ1v) is 9.29. The zero-order valence-corrected chi connectivity index (χ0v) is 15.1. The van der Waals surface area contributed by atoms with E-state index in [0.29, 0.717) is 0 Å². The quantitative estimate of drug-likeness (QED) is 0.688. The summed E-state index contributed by atoms with van der Waals surface area (Å²) in [5.41, 5.74) is -4.12. The Morgan fingerprint density at radius 2 is 1.36 bits per heavy atom. The van der Waals surface area contributed by atoms with E-state index in [0.717, 1.165) is 12.1 Å². The Morgan fingerprint density at radius 3 is 1.79 bits per heavy atom. The number of carbonyl (C=O) groups excluding carboxylic acids is 1. The van der Waals surface area contributed by atoms with E-state index in [1.807, 2.05) is 0 Å². The summed E-state index contributed by atoms with van der Waals surface area (Å²) in [5.74, 6) is -2.49. The van der Waals surface area contributed by atoms with Crippen LogP contribution in [0.25, 0.3) is 0 Å². The fourth-order valence-electron chi connectivity index (χ4n) is 2.12. The smallest absolute Gasteiger partial charge is 0.325 e. The summed E-state index contributed by atoms with van der Waals surface area (Å²) in [6, 6.07) is 5.15. The average Bonchev–Trinajstić information content (AvgIpc) is 2.52. The molecule has 1 N–H and O–H groups in total. The zero-order chi connectivity index (χ0) is 21.3. The third kappa shape index (κ3) is 5.61. The molecule has 2 aromatic carbocycles. The molecule has 0 fully saturated rings. The molecular formula is C16H10ClF6NO3S. The first-order valence-electron chi connectivity index (χ1n) is 7.26.